The Morgan fingerprint density at radius 1 is 1.26 bits per heavy atom. The molecule has 3 N–H and O–H groups in total. The van der Waals surface area contributed by atoms with Gasteiger partial charge in [-0.15, -0.1) is 0 Å². The highest BCUT2D eigenvalue weighted by Crippen LogP contribution is 2.28. The third-order valence-corrected chi connectivity index (χ3v) is 2.27. The summed E-state index contributed by atoms with van der Waals surface area (Å²) in [5, 5.41) is 2.53. The van der Waals surface area contributed by atoms with Crippen molar-refractivity contribution in [3.63, 3.8) is 0 Å². The van der Waals surface area contributed by atoms with Gasteiger partial charge in [-0.2, -0.15) is 13.2 Å². The summed E-state index contributed by atoms with van der Waals surface area (Å²) < 4.78 is 41.8. The minimum Gasteiger partial charge on any atom is -0.370 e. The molecule has 0 unspecified atom stereocenters. The maximum atomic E-state index is 12.3. The summed E-state index contributed by atoms with van der Waals surface area (Å²) >= 11 is 0. The normalized spacial score (nSPS) is 11.4. The molecular formula is C12H15F3N2O2. The average Bonchev–Trinajstić information content (AvgIpc) is 2.36. The molecule has 0 aliphatic carbocycles. The van der Waals surface area contributed by atoms with Gasteiger partial charge in [0.15, 0.2) is 0 Å². The quantitative estimate of drug-likeness (QED) is 0.770. The zero-order chi connectivity index (χ0) is 14.3. The molecule has 0 bridgehead atoms. The van der Waals surface area contributed by atoms with Crippen LogP contribution in [0.4, 0.5) is 13.2 Å². The van der Waals surface area contributed by atoms with Crippen LogP contribution in [-0.4, -0.2) is 25.7 Å². The number of benzene rings is 1. The van der Waals surface area contributed by atoms with E-state index in [-0.39, 0.29) is 25.7 Å². The molecule has 0 radical (unpaired) electrons. The van der Waals surface area contributed by atoms with E-state index in [9.17, 15) is 18.0 Å². The number of hydrogen-bond donors (Lipinski definition) is 2. The summed E-state index contributed by atoms with van der Waals surface area (Å²) in [5.41, 5.74) is 5.05. The van der Waals surface area contributed by atoms with Gasteiger partial charge in [0.25, 0.3) is 0 Å². The summed E-state index contributed by atoms with van der Waals surface area (Å²) in [6.07, 6.45) is -4.35. The highest BCUT2D eigenvalue weighted by molar-refractivity contribution is 5.77. The summed E-state index contributed by atoms with van der Waals surface area (Å²) in [4.78, 5) is 11.3. The van der Waals surface area contributed by atoms with Crippen molar-refractivity contribution in [3.8, 4) is 0 Å². The molecule has 1 aromatic rings. The molecule has 0 saturated carbocycles. The Labute approximate surface area is 108 Å². The minimum atomic E-state index is -4.35. The van der Waals surface area contributed by atoms with E-state index in [0.29, 0.717) is 12.1 Å². The molecule has 0 saturated heterocycles. The fraction of sp³-hybridized carbons (Fsp3) is 0.417. The zero-order valence-corrected chi connectivity index (χ0v) is 10.2. The molecule has 7 heteroatoms. The van der Waals surface area contributed by atoms with E-state index in [1.54, 1.807) is 0 Å². The lowest BCUT2D eigenvalue weighted by molar-refractivity contribution is -0.137. The summed E-state index contributed by atoms with van der Waals surface area (Å²) in [6.45, 7) is 0.653. The number of rotatable bonds is 6. The third-order valence-electron chi connectivity index (χ3n) is 2.27. The van der Waals surface area contributed by atoms with Gasteiger partial charge in [-0.3, -0.25) is 4.79 Å². The van der Waals surface area contributed by atoms with Gasteiger partial charge >= 0.3 is 6.18 Å². The van der Waals surface area contributed by atoms with Crippen molar-refractivity contribution in [2.24, 2.45) is 5.73 Å². The van der Waals surface area contributed by atoms with Crippen LogP contribution in [0.1, 0.15) is 11.1 Å². The molecule has 0 heterocycles. The second kappa shape index (κ2) is 7.10. The average molecular weight is 276 g/mol. The van der Waals surface area contributed by atoms with E-state index in [1.807, 2.05) is 0 Å². The van der Waals surface area contributed by atoms with E-state index >= 15 is 0 Å². The van der Waals surface area contributed by atoms with Gasteiger partial charge in [0.1, 0.15) is 6.61 Å². The van der Waals surface area contributed by atoms with Gasteiger partial charge in [0, 0.05) is 13.1 Å². The molecular weight excluding hydrogens is 261 g/mol. The Morgan fingerprint density at radius 2 is 1.89 bits per heavy atom. The summed E-state index contributed by atoms with van der Waals surface area (Å²) in [6, 6.07) is 4.60. The fourth-order valence-electron chi connectivity index (χ4n) is 1.31. The number of alkyl halides is 3. The highest BCUT2D eigenvalue weighted by atomic mass is 19.4. The van der Waals surface area contributed by atoms with Crippen molar-refractivity contribution in [3.05, 3.63) is 35.4 Å². The lowest BCUT2D eigenvalue weighted by Crippen LogP contribution is -2.28. The van der Waals surface area contributed by atoms with Crippen molar-refractivity contribution in [1.29, 1.82) is 0 Å². The number of hydrogen-bond acceptors (Lipinski definition) is 3. The molecule has 0 spiro atoms. The highest BCUT2D eigenvalue weighted by Gasteiger charge is 2.29. The van der Waals surface area contributed by atoms with Gasteiger partial charge in [0.05, 0.1) is 12.2 Å². The van der Waals surface area contributed by atoms with Crippen molar-refractivity contribution in [1.82, 2.24) is 5.32 Å². The molecule has 0 aromatic heterocycles. The second-order valence-electron chi connectivity index (χ2n) is 3.81. The number of ether oxygens (including phenoxy) is 1. The van der Waals surface area contributed by atoms with E-state index in [4.69, 9.17) is 10.5 Å². The fourth-order valence-corrected chi connectivity index (χ4v) is 1.31. The molecule has 0 fully saturated rings. The Hall–Kier alpha value is -1.60. The molecule has 0 aliphatic rings. The van der Waals surface area contributed by atoms with Crippen molar-refractivity contribution >= 4 is 5.91 Å². The molecule has 0 aliphatic heterocycles. The van der Waals surface area contributed by atoms with Gasteiger partial charge < -0.3 is 15.8 Å². The maximum absolute atomic E-state index is 12.3. The van der Waals surface area contributed by atoms with Crippen molar-refractivity contribution in [2.75, 3.05) is 19.8 Å². The maximum Gasteiger partial charge on any atom is 0.416 e. The number of carbonyl (C=O) groups excluding carboxylic acids is 1. The van der Waals surface area contributed by atoms with E-state index in [0.717, 1.165) is 12.1 Å². The van der Waals surface area contributed by atoms with E-state index in [2.05, 4.69) is 5.32 Å². The molecule has 4 nitrogen and oxygen atoms in total. The molecule has 1 aromatic carbocycles. The van der Waals surface area contributed by atoms with Crippen LogP contribution in [0.5, 0.6) is 0 Å². The summed E-state index contributed by atoms with van der Waals surface area (Å²) in [7, 11) is 0. The van der Waals surface area contributed by atoms with E-state index < -0.39 is 11.7 Å². The van der Waals surface area contributed by atoms with Gasteiger partial charge in [0.2, 0.25) is 5.91 Å². The molecule has 0 atom stereocenters. The molecule has 106 valence electrons. The first-order valence-electron chi connectivity index (χ1n) is 5.64. The Bertz CT molecular complexity index is 404. The lowest BCUT2D eigenvalue weighted by Gasteiger charge is -2.08. The lowest BCUT2D eigenvalue weighted by atomic mass is 10.1. The predicted molar refractivity (Wildman–Crippen MR) is 63.2 cm³/mol. The van der Waals surface area contributed by atoms with Gasteiger partial charge in [-0.05, 0) is 17.7 Å². The topological polar surface area (TPSA) is 64.3 Å². The first kappa shape index (κ1) is 15.5. The van der Waals surface area contributed by atoms with Crippen LogP contribution in [0.25, 0.3) is 0 Å². The van der Waals surface area contributed by atoms with Crippen LogP contribution in [0.2, 0.25) is 0 Å². The first-order valence-corrected chi connectivity index (χ1v) is 5.64. The Morgan fingerprint density at radius 3 is 2.42 bits per heavy atom. The summed E-state index contributed by atoms with van der Waals surface area (Å²) in [5.74, 6) is -0.339. The predicted octanol–water partition coefficient (Wildman–Crippen LogP) is 1.30. The first-order chi connectivity index (χ1) is 8.93. The third kappa shape index (κ3) is 5.71. The largest absolute Gasteiger partial charge is 0.416 e. The smallest absolute Gasteiger partial charge is 0.370 e. The second-order valence-corrected chi connectivity index (χ2v) is 3.81. The molecule has 19 heavy (non-hydrogen) atoms. The van der Waals surface area contributed by atoms with Crippen molar-refractivity contribution < 1.29 is 22.7 Å². The number of nitrogens with two attached hydrogens (primary N) is 1. The Kier molecular flexibility index (Phi) is 5.78. The number of amides is 1. The monoisotopic (exact) mass is 276 g/mol. The van der Waals surface area contributed by atoms with Crippen LogP contribution in [0.15, 0.2) is 24.3 Å². The standard InChI is InChI=1S/C12H15F3N2O2/c13-12(14,15)10-3-1-9(2-4-10)7-17-11(18)8-19-6-5-16/h1-4H,5-8,16H2,(H,17,18). The van der Waals surface area contributed by atoms with Crippen LogP contribution in [0.3, 0.4) is 0 Å². The number of nitrogens with one attached hydrogen (secondary N) is 1. The van der Waals surface area contributed by atoms with Crippen LogP contribution >= 0.6 is 0 Å². The van der Waals surface area contributed by atoms with Crippen molar-refractivity contribution in [2.45, 2.75) is 12.7 Å². The van der Waals surface area contributed by atoms with Crippen LogP contribution in [-0.2, 0) is 22.3 Å². The minimum absolute atomic E-state index is 0.113. The van der Waals surface area contributed by atoms with Gasteiger partial charge in [-0.25, -0.2) is 0 Å². The number of halogens is 3. The molecule has 1 rings (SSSR count). The van der Waals surface area contributed by atoms with Crippen LogP contribution < -0.4 is 11.1 Å². The Balaban J connectivity index is 2.40. The van der Waals surface area contributed by atoms with Gasteiger partial charge in [-0.1, -0.05) is 12.1 Å². The number of carbonyl (C=O) groups is 1. The molecule has 1 amide bonds. The van der Waals surface area contributed by atoms with Crippen LogP contribution in [0, 0.1) is 0 Å². The SMILES string of the molecule is NCCOCC(=O)NCc1ccc(C(F)(F)F)cc1. The van der Waals surface area contributed by atoms with E-state index in [1.165, 1.54) is 12.1 Å². The zero-order valence-electron chi connectivity index (χ0n) is 10.2.